The first kappa shape index (κ1) is 29.0. The number of halogens is 1. The molecule has 0 spiro atoms. The summed E-state index contributed by atoms with van der Waals surface area (Å²) in [5.74, 6) is -0.199. The molecule has 0 heterocycles. The largest absolute Gasteiger partial charge is 0.497 e. The number of hydrogen-bond acceptors (Lipinski definition) is 5. The maximum Gasteiger partial charge on any atom is 0.264 e. The second kappa shape index (κ2) is 13.3. The lowest BCUT2D eigenvalue weighted by Gasteiger charge is -2.32. The van der Waals surface area contributed by atoms with Gasteiger partial charge in [-0.1, -0.05) is 48.9 Å². The standard InChI is InChI=1S/C28H32ClN3O5S/c1-4-18-30-28(34)21(2)31(19-22-10-16-25(37-3)17-11-22)27(33)20-32(24-14-12-23(29)13-15-24)38(35,36)26-8-6-5-7-9-26/h5-17,21H,4,18-20H2,1-3H3,(H,30,34)/t21-/m1/s1. The second-order valence-corrected chi connectivity index (χ2v) is 10.9. The molecule has 0 aliphatic rings. The van der Waals surface area contributed by atoms with E-state index in [4.69, 9.17) is 16.3 Å². The Morgan fingerprint density at radius 1 is 0.974 bits per heavy atom. The van der Waals surface area contributed by atoms with Crippen LogP contribution in [-0.4, -0.2) is 51.4 Å². The predicted octanol–water partition coefficient (Wildman–Crippen LogP) is 4.49. The highest BCUT2D eigenvalue weighted by atomic mass is 35.5. The van der Waals surface area contributed by atoms with E-state index in [1.807, 2.05) is 6.92 Å². The third kappa shape index (κ3) is 7.26. The zero-order valence-corrected chi connectivity index (χ0v) is 23.2. The van der Waals surface area contributed by atoms with Crippen molar-refractivity contribution in [3.8, 4) is 5.75 Å². The number of nitrogens with zero attached hydrogens (tertiary/aromatic N) is 2. The van der Waals surface area contributed by atoms with Gasteiger partial charge in [-0.05, 0) is 67.4 Å². The topological polar surface area (TPSA) is 96.0 Å². The number of carbonyl (C=O) groups excluding carboxylic acids is 2. The first-order valence-corrected chi connectivity index (χ1v) is 14.0. The number of anilines is 1. The molecular formula is C28H32ClN3O5S. The van der Waals surface area contributed by atoms with Crippen molar-refractivity contribution in [3.63, 3.8) is 0 Å². The van der Waals surface area contributed by atoms with Crippen LogP contribution in [0.2, 0.25) is 5.02 Å². The molecule has 0 radical (unpaired) electrons. The number of amides is 2. The Morgan fingerprint density at radius 2 is 1.61 bits per heavy atom. The van der Waals surface area contributed by atoms with E-state index in [2.05, 4.69) is 5.32 Å². The molecule has 0 unspecified atom stereocenters. The minimum absolute atomic E-state index is 0.0400. The number of rotatable bonds is 12. The maximum atomic E-state index is 13.8. The van der Waals surface area contributed by atoms with Gasteiger partial charge in [-0.15, -0.1) is 0 Å². The quantitative estimate of drug-likeness (QED) is 0.354. The first-order valence-electron chi connectivity index (χ1n) is 12.2. The molecule has 3 aromatic rings. The minimum atomic E-state index is -4.11. The van der Waals surface area contributed by atoms with Gasteiger partial charge in [0.1, 0.15) is 18.3 Å². The molecule has 3 aromatic carbocycles. The van der Waals surface area contributed by atoms with Crippen LogP contribution in [0.5, 0.6) is 5.75 Å². The van der Waals surface area contributed by atoms with Crippen molar-refractivity contribution in [2.24, 2.45) is 0 Å². The van der Waals surface area contributed by atoms with Crippen LogP contribution in [0.1, 0.15) is 25.8 Å². The molecule has 3 rings (SSSR count). The number of benzene rings is 3. The molecule has 0 bridgehead atoms. The van der Waals surface area contributed by atoms with Gasteiger partial charge in [-0.2, -0.15) is 0 Å². The monoisotopic (exact) mass is 557 g/mol. The normalized spacial score (nSPS) is 11.9. The molecule has 0 aromatic heterocycles. The SMILES string of the molecule is CCCNC(=O)[C@@H](C)N(Cc1ccc(OC)cc1)C(=O)CN(c1ccc(Cl)cc1)S(=O)(=O)c1ccccc1. The third-order valence-electron chi connectivity index (χ3n) is 5.95. The molecule has 202 valence electrons. The highest BCUT2D eigenvalue weighted by molar-refractivity contribution is 7.92. The highest BCUT2D eigenvalue weighted by Gasteiger charge is 2.32. The van der Waals surface area contributed by atoms with E-state index < -0.39 is 28.5 Å². The van der Waals surface area contributed by atoms with E-state index in [1.54, 1.807) is 80.8 Å². The van der Waals surface area contributed by atoms with E-state index in [1.165, 1.54) is 17.0 Å². The van der Waals surface area contributed by atoms with Gasteiger partial charge in [0.05, 0.1) is 17.7 Å². The summed E-state index contributed by atoms with van der Waals surface area (Å²) >= 11 is 6.04. The third-order valence-corrected chi connectivity index (χ3v) is 7.99. The maximum absolute atomic E-state index is 13.8. The van der Waals surface area contributed by atoms with Crippen LogP contribution < -0.4 is 14.4 Å². The fourth-order valence-corrected chi connectivity index (χ4v) is 5.32. The zero-order valence-electron chi connectivity index (χ0n) is 21.6. The predicted molar refractivity (Wildman–Crippen MR) is 149 cm³/mol. The lowest BCUT2D eigenvalue weighted by atomic mass is 10.1. The lowest BCUT2D eigenvalue weighted by molar-refractivity contribution is -0.139. The molecular weight excluding hydrogens is 526 g/mol. The Kier molecular flexibility index (Phi) is 10.2. The van der Waals surface area contributed by atoms with E-state index in [9.17, 15) is 18.0 Å². The molecule has 0 saturated heterocycles. The molecule has 10 heteroatoms. The first-order chi connectivity index (χ1) is 18.2. The smallest absolute Gasteiger partial charge is 0.264 e. The van der Waals surface area contributed by atoms with Gasteiger partial charge in [0, 0.05) is 18.1 Å². The Balaban J connectivity index is 1.99. The summed E-state index contributed by atoms with van der Waals surface area (Å²) in [6.45, 7) is 3.62. The van der Waals surface area contributed by atoms with Crippen molar-refractivity contribution in [1.82, 2.24) is 10.2 Å². The van der Waals surface area contributed by atoms with Crippen molar-refractivity contribution in [3.05, 3.63) is 89.4 Å². The fourth-order valence-electron chi connectivity index (χ4n) is 3.76. The molecule has 0 aliphatic carbocycles. The number of nitrogens with one attached hydrogen (secondary N) is 1. The number of carbonyl (C=O) groups is 2. The Bertz CT molecular complexity index is 1320. The summed E-state index contributed by atoms with van der Waals surface area (Å²) in [7, 11) is -2.55. The summed E-state index contributed by atoms with van der Waals surface area (Å²) in [5.41, 5.74) is 1.04. The summed E-state index contributed by atoms with van der Waals surface area (Å²) in [6, 6.07) is 20.4. The Labute approximate surface area is 229 Å². The number of ether oxygens (including phenoxy) is 1. The molecule has 38 heavy (non-hydrogen) atoms. The van der Waals surface area contributed by atoms with Gasteiger partial charge in [0.15, 0.2) is 0 Å². The second-order valence-electron chi connectivity index (χ2n) is 8.64. The molecule has 0 saturated carbocycles. The summed E-state index contributed by atoms with van der Waals surface area (Å²) < 4.78 is 33.6. The van der Waals surface area contributed by atoms with Crippen molar-refractivity contribution < 1.29 is 22.7 Å². The summed E-state index contributed by atoms with van der Waals surface area (Å²) in [6.07, 6.45) is 0.741. The number of methoxy groups -OCH3 is 1. The van der Waals surface area contributed by atoms with Gasteiger partial charge < -0.3 is 15.0 Å². The van der Waals surface area contributed by atoms with E-state index >= 15 is 0 Å². The average molecular weight is 558 g/mol. The minimum Gasteiger partial charge on any atom is -0.497 e. The average Bonchev–Trinajstić information content (AvgIpc) is 2.94. The fraction of sp³-hybridized carbons (Fsp3) is 0.286. The van der Waals surface area contributed by atoms with E-state index in [0.29, 0.717) is 17.3 Å². The molecule has 0 fully saturated rings. The van der Waals surface area contributed by atoms with E-state index in [-0.39, 0.29) is 23.0 Å². The van der Waals surface area contributed by atoms with Crippen LogP contribution >= 0.6 is 11.6 Å². The van der Waals surface area contributed by atoms with Crippen LogP contribution in [0.4, 0.5) is 5.69 Å². The van der Waals surface area contributed by atoms with E-state index in [0.717, 1.165) is 16.3 Å². The van der Waals surface area contributed by atoms with Crippen molar-refractivity contribution >= 4 is 39.1 Å². The van der Waals surface area contributed by atoms with Crippen LogP contribution in [0.3, 0.4) is 0 Å². The van der Waals surface area contributed by atoms with Gasteiger partial charge in [-0.25, -0.2) is 8.42 Å². The summed E-state index contributed by atoms with van der Waals surface area (Å²) in [5, 5.41) is 3.25. The number of sulfonamides is 1. The zero-order chi connectivity index (χ0) is 27.7. The van der Waals surface area contributed by atoms with Crippen molar-refractivity contribution in [2.45, 2.75) is 37.8 Å². The molecule has 2 amide bonds. The van der Waals surface area contributed by atoms with Gasteiger partial charge in [-0.3, -0.25) is 13.9 Å². The van der Waals surface area contributed by atoms with Crippen LogP contribution in [0, 0.1) is 0 Å². The number of hydrogen-bond donors (Lipinski definition) is 1. The van der Waals surface area contributed by atoms with Crippen molar-refractivity contribution in [2.75, 3.05) is 24.5 Å². The van der Waals surface area contributed by atoms with Gasteiger partial charge in [0.2, 0.25) is 11.8 Å². The van der Waals surface area contributed by atoms with Crippen LogP contribution in [0.25, 0.3) is 0 Å². The lowest BCUT2D eigenvalue weighted by Crippen LogP contribution is -2.51. The van der Waals surface area contributed by atoms with Crippen LogP contribution in [0.15, 0.2) is 83.8 Å². The molecule has 1 N–H and O–H groups in total. The van der Waals surface area contributed by atoms with Gasteiger partial charge >= 0.3 is 0 Å². The van der Waals surface area contributed by atoms with Crippen molar-refractivity contribution in [1.29, 1.82) is 0 Å². The molecule has 0 aliphatic heterocycles. The Hall–Kier alpha value is -3.56. The highest BCUT2D eigenvalue weighted by Crippen LogP contribution is 2.26. The summed E-state index contributed by atoms with van der Waals surface area (Å²) in [4.78, 5) is 28.1. The Morgan fingerprint density at radius 3 is 2.18 bits per heavy atom. The van der Waals surface area contributed by atoms with Crippen LogP contribution in [-0.2, 0) is 26.2 Å². The van der Waals surface area contributed by atoms with Gasteiger partial charge in [0.25, 0.3) is 10.0 Å². The molecule has 8 nitrogen and oxygen atoms in total. The molecule has 1 atom stereocenters.